The minimum atomic E-state index is -0.329. The molecule has 1 aromatic rings. The van der Waals surface area contributed by atoms with Crippen LogP contribution in [0.15, 0.2) is 22.7 Å². The molecule has 2 amide bonds. The topological polar surface area (TPSA) is 53.6 Å². The summed E-state index contributed by atoms with van der Waals surface area (Å²) in [5.41, 5.74) is 0.450. The van der Waals surface area contributed by atoms with Crippen LogP contribution < -0.4 is 10.6 Å². The largest absolute Gasteiger partial charge is 0.379 e. The van der Waals surface area contributed by atoms with Gasteiger partial charge in [0.1, 0.15) is 5.82 Å². The Bertz CT molecular complexity index is 510. The molecular formula is C15H21BrFN3O2. The van der Waals surface area contributed by atoms with Gasteiger partial charge in [0.2, 0.25) is 0 Å². The zero-order valence-electron chi connectivity index (χ0n) is 12.6. The molecule has 0 saturated carbocycles. The van der Waals surface area contributed by atoms with E-state index in [9.17, 15) is 9.18 Å². The van der Waals surface area contributed by atoms with Gasteiger partial charge in [-0.05, 0) is 25.1 Å². The lowest BCUT2D eigenvalue weighted by Gasteiger charge is -2.32. The third-order valence-electron chi connectivity index (χ3n) is 3.67. The molecule has 1 aromatic carbocycles. The summed E-state index contributed by atoms with van der Waals surface area (Å²) in [5.74, 6) is -0.329. The summed E-state index contributed by atoms with van der Waals surface area (Å²) in [5, 5.41) is 5.49. The standard InChI is InChI=1S/C15H21BrFN3O2/c1-11(20-4-6-22-7-5-20)9-18-15(21)19-10-12-8-13(16)2-3-14(12)17/h2-3,8,11H,4-7,9-10H2,1H3,(H2,18,19,21). The monoisotopic (exact) mass is 373 g/mol. The number of morpholine rings is 1. The fraction of sp³-hybridized carbons (Fsp3) is 0.533. The number of benzene rings is 1. The van der Waals surface area contributed by atoms with Crippen LogP contribution in [0.5, 0.6) is 0 Å². The zero-order valence-corrected chi connectivity index (χ0v) is 14.2. The van der Waals surface area contributed by atoms with Gasteiger partial charge in [0.25, 0.3) is 0 Å². The van der Waals surface area contributed by atoms with Gasteiger partial charge in [0.15, 0.2) is 0 Å². The van der Waals surface area contributed by atoms with Gasteiger partial charge in [-0.2, -0.15) is 0 Å². The number of nitrogens with zero attached hydrogens (tertiary/aromatic N) is 1. The van der Waals surface area contributed by atoms with Crippen LogP contribution in [-0.2, 0) is 11.3 Å². The van der Waals surface area contributed by atoms with E-state index in [4.69, 9.17) is 4.74 Å². The average Bonchev–Trinajstić information content (AvgIpc) is 2.54. The molecule has 122 valence electrons. The number of halogens is 2. The van der Waals surface area contributed by atoms with Crippen molar-refractivity contribution in [1.29, 1.82) is 0 Å². The van der Waals surface area contributed by atoms with Crippen molar-refractivity contribution in [1.82, 2.24) is 15.5 Å². The van der Waals surface area contributed by atoms with Crippen molar-refractivity contribution in [3.8, 4) is 0 Å². The Morgan fingerprint density at radius 3 is 2.86 bits per heavy atom. The second kappa shape index (κ2) is 8.45. The molecule has 1 unspecified atom stereocenters. The average molecular weight is 374 g/mol. The van der Waals surface area contributed by atoms with Crippen molar-refractivity contribution in [3.63, 3.8) is 0 Å². The Kier molecular flexibility index (Phi) is 6.60. The van der Waals surface area contributed by atoms with Gasteiger partial charge in [0, 0.05) is 42.3 Å². The van der Waals surface area contributed by atoms with E-state index in [-0.39, 0.29) is 24.4 Å². The number of hydrogen-bond acceptors (Lipinski definition) is 3. The first-order chi connectivity index (χ1) is 10.6. The van der Waals surface area contributed by atoms with Crippen LogP contribution in [0.2, 0.25) is 0 Å². The van der Waals surface area contributed by atoms with Gasteiger partial charge in [-0.1, -0.05) is 15.9 Å². The van der Waals surface area contributed by atoms with Crippen molar-refractivity contribution >= 4 is 22.0 Å². The van der Waals surface area contributed by atoms with Crippen molar-refractivity contribution < 1.29 is 13.9 Å². The number of nitrogens with one attached hydrogen (secondary N) is 2. The predicted molar refractivity (Wildman–Crippen MR) is 86.2 cm³/mol. The van der Waals surface area contributed by atoms with Gasteiger partial charge < -0.3 is 15.4 Å². The summed E-state index contributed by atoms with van der Waals surface area (Å²) in [4.78, 5) is 14.1. The van der Waals surface area contributed by atoms with Gasteiger partial charge in [0.05, 0.1) is 13.2 Å². The van der Waals surface area contributed by atoms with Crippen molar-refractivity contribution in [3.05, 3.63) is 34.1 Å². The lowest BCUT2D eigenvalue weighted by Crippen LogP contribution is -2.48. The van der Waals surface area contributed by atoms with E-state index in [2.05, 4.69) is 38.4 Å². The van der Waals surface area contributed by atoms with Crippen LogP contribution in [0, 0.1) is 5.82 Å². The summed E-state index contributed by atoms with van der Waals surface area (Å²) in [7, 11) is 0. The van der Waals surface area contributed by atoms with E-state index in [1.807, 2.05) is 0 Å². The smallest absolute Gasteiger partial charge is 0.315 e. The molecule has 7 heteroatoms. The highest BCUT2D eigenvalue weighted by Gasteiger charge is 2.17. The molecule has 22 heavy (non-hydrogen) atoms. The van der Waals surface area contributed by atoms with E-state index in [0.717, 1.165) is 30.8 Å². The molecule has 1 saturated heterocycles. The van der Waals surface area contributed by atoms with Crippen molar-refractivity contribution in [2.45, 2.75) is 19.5 Å². The molecule has 0 bridgehead atoms. The Balaban J connectivity index is 1.72. The normalized spacial score (nSPS) is 17.0. The van der Waals surface area contributed by atoms with Gasteiger partial charge >= 0.3 is 6.03 Å². The minimum absolute atomic E-state index is 0.156. The van der Waals surface area contributed by atoms with Gasteiger partial charge in [-0.15, -0.1) is 0 Å². The molecule has 1 aliphatic rings. The lowest BCUT2D eigenvalue weighted by atomic mass is 10.2. The Labute approximate surface area is 138 Å². The predicted octanol–water partition coefficient (Wildman–Crippen LogP) is 2.11. The Hall–Kier alpha value is -1.18. The Morgan fingerprint density at radius 1 is 1.41 bits per heavy atom. The van der Waals surface area contributed by atoms with Crippen LogP contribution in [-0.4, -0.2) is 49.8 Å². The molecular weight excluding hydrogens is 353 g/mol. The summed E-state index contributed by atoms with van der Waals surface area (Å²) >= 11 is 3.29. The van der Waals surface area contributed by atoms with Crippen LogP contribution >= 0.6 is 15.9 Å². The van der Waals surface area contributed by atoms with Crippen molar-refractivity contribution in [2.24, 2.45) is 0 Å². The second-order valence-corrected chi connectivity index (χ2v) is 6.21. The second-order valence-electron chi connectivity index (χ2n) is 5.30. The Morgan fingerprint density at radius 2 is 2.14 bits per heavy atom. The van der Waals surface area contributed by atoms with E-state index in [1.165, 1.54) is 6.07 Å². The lowest BCUT2D eigenvalue weighted by molar-refractivity contribution is 0.0209. The summed E-state index contributed by atoms with van der Waals surface area (Å²) < 4.78 is 19.7. The van der Waals surface area contributed by atoms with E-state index in [0.29, 0.717) is 12.1 Å². The zero-order chi connectivity index (χ0) is 15.9. The van der Waals surface area contributed by atoms with Crippen LogP contribution in [0.4, 0.5) is 9.18 Å². The maximum Gasteiger partial charge on any atom is 0.315 e. The van der Waals surface area contributed by atoms with Gasteiger partial charge in [-0.25, -0.2) is 9.18 Å². The first-order valence-electron chi connectivity index (χ1n) is 7.33. The molecule has 1 aliphatic heterocycles. The van der Waals surface area contributed by atoms with E-state index < -0.39 is 0 Å². The molecule has 0 aliphatic carbocycles. The third-order valence-corrected chi connectivity index (χ3v) is 4.17. The number of ether oxygens (including phenoxy) is 1. The number of urea groups is 1. The van der Waals surface area contributed by atoms with Crippen molar-refractivity contribution in [2.75, 3.05) is 32.8 Å². The fourth-order valence-corrected chi connectivity index (χ4v) is 2.71. The van der Waals surface area contributed by atoms with Crippen LogP contribution in [0.3, 0.4) is 0 Å². The maximum absolute atomic E-state index is 13.6. The molecule has 1 atom stereocenters. The maximum atomic E-state index is 13.6. The molecule has 0 aromatic heterocycles. The first-order valence-corrected chi connectivity index (χ1v) is 8.13. The highest BCUT2D eigenvalue weighted by Crippen LogP contribution is 2.15. The highest BCUT2D eigenvalue weighted by molar-refractivity contribution is 9.10. The van der Waals surface area contributed by atoms with E-state index in [1.54, 1.807) is 12.1 Å². The molecule has 1 heterocycles. The molecule has 5 nitrogen and oxygen atoms in total. The fourth-order valence-electron chi connectivity index (χ4n) is 2.30. The number of amides is 2. The van der Waals surface area contributed by atoms with Crippen LogP contribution in [0.1, 0.15) is 12.5 Å². The number of carbonyl (C=O) groups excluding carboxylic acids is 1. The summed E-state index contributed by atoms with van der Waals surface area (Å²) in [6.45, 7) is 6.01. The molecule has 0 radical (unpaired) electrons. The minimum Gasteiger partial charge on any atom is -0.379 e. The molecule has 2 rings (SSSR count). The number of hydrogen-bond donors (Lipinski definition) is 2. The number of rotatable bonds is 5. The first kappa shape index (κ1) is 17.2. The highest BCUT2D eigenvalue weighted by atomic mass is 79.9. The van der Waals surface area contributed by atoms with Gasteiger partial charge in [-0.3, -0.25) is 4.90 Å². The molecule has 1 fully saturated rings. The number of carbonyl (C=O) groups is 1. The van der Waals surface area contributed by atoms with Crippen LogP contribution in [0.25, 0.3) is 0 Å². The summed E-state index contributed by atoms with van der Waals surface area (Å²) in [6.07, 6.45) is 0. The quantitative estimate of drug-likeness (QED) is 0.830. The molecule has 0 spiro atoms. The summed E-state index contributed by atoms with van der Waals surface area (Å²) in [6, 6.07) is 4.62. The SMILES string of the molecule is CC(CNC(=O)NCc1cc(Br)ccc1F)N1CCOCC1. The molecule has 2 N–H and O–H groups in total. The van der Waals surface area contributed by atoms with E-state index >= 15 is 0 Å². The third kappa shape index (κ3) is 5.23.